The normalized spacial score (nSPS) is 25.1. The Hall–Kier alpha value is -0.540. The molecule has 0 saturated heterocycles. The summed E-state index contributed by atoms with van der Waals surface area (Å²) in [4.78, 5) is 0.742. The lowest BCUT2D eigenvalue weighted by molar-refractivity contribution is 0.0244. The molecular weight excluding hydrogens is 257 g/mol. The zero-order chi connectivity index (χ0) is 14.0. The molecular formula is C16H24FNS. The lowest BCUT2D eigenvalue weighted by atomic mass is 9.52. The maximum Gasteiger partial charge on any atom is 0.137 e. The van der Waals surface area contributed by atoms with Gasteiger partial charge in [0, 0.05) is 10.9 Å². The van der Waals surface area contributed by atoms with Gasteiger partial charge < -0.3 is 5.32 Å². The van der Waals surface area contributed by atoms with E-state index in [1.165, 1.54) is 17.3 Å². The summed E-state index contributed by atoms with van der Waals surface area (Å²) >= 11 is 1.47. The van der Waals surface area contributed by atoms with E-state index >= 15 is 0 Å². The van der Waals surface area contributed by atoms with Gasteiger partial charge in [-0.2, -0.15) is 0 Å². The van der Waals surface area contributed by atoms with Crippen LogP contribution in [-0.2, 0) is 0 Å². The first-order chi connectivity index (χ1) is 9.12. The first-order valence-corrected chi connectivity index (χ1v) is 8.36. The molecule has 0 aliphatic heterocycles. The first kappa shape index (κ1) is 14.9. The number of benzene rings is 1. The molecule has 1 aliphatic rings. The van der Waals surface area contributed by atoms with Gasteiger partial charge in [0.1, 0.15) is 5.82 Å². The van der Waals surface area contributed by atoms with E-state index in [0.717, 1.165) is 24.2 Å². The van der Waals surface area contributed by atoms with Gasteiger partial charge in [-0.05, 0) is 61.6 Å². The Morgan fingerprint density at radius 1 is 1.37 bits per heavy atom. The molecule has 1 aliphatic carbocycles. The molecule has 0 bridgehead atoms. The number of hydrogen-bond donors (Lipinski definition) is 1. The van der Waals surface area contributed by atoms with E-state index in [1.807, 2.05) is 19.4 Å². The molecule has 2 atom stereocenters. The van der Waals surface area contributed by atoms with Gasteiger partial charge in [-0.15, -0.1) is 11.8 Å². The summed E-state index contributed by atoms with van der Waals surface area (Å²) in [6, 6.07) is 6.36. The molecule has 0 aromatic heterocycles. The minimum absolute atomic E-state index is 0.0704. The van der Waals surface area contributed by atoms with Crippen molar-refractivity contribution in [3.8, 4) is 0 Å². The molecule has 3 heteroatoms. The fourth-order valence-electron chi connectivity index (χ4n) is 3.80. The van der Waals surface area contributed by atoms with Gasteiger partial charge in [0.15, 0.2) is 0 Å². The molecule has 0 amide bonds. The van der Waals surface area contributed by atoms with E-state index in [1.54, 1.807) is 6.07 Å². The fourth-order valence-corrected chi connectivity index (χ4v) is 4.25. The van der Waals surface area contributed by atoms with Gasteiger partial charge >= 0.3 is 0 Å². The lowest BCUT2D eigenvalue weighted by Crippen LogP contribution is -2.57. The fraction of sp³-hybridized carbons (Fsp3) is 0.625. The van der Waals surface area contributed by atoms with E-state index in [9.17, 15) is 4.39 Å². The molecule has 106 valence electrons. The van der Waals surface area contributed by atoms with Crippen molar-refractivity contribution >= 4 is 11.8 Å². The van der Waals surface area contributed by atoms with E-state index < -0.39 is 0 Å². The van der Waals surface area contributed by atoms with Crippen LogP contribution in [0.3, 0.4) is 0 Å². The standard InChI is InChI=1S/C16H24FNS/c1-5-16(6-2)12(10-15(16)18-3)11-7-8-14(19-4)13(17)9-11/h7-9,12,15,18H,5-6,10H2,1-4H3. The molecule has 1 nitrogen and oxygen atoms in total. The first-order valence-electron chi connectivity index (χ1n) is 7.13. The Kier molecular flexibility index (Phi) is 4.57. The van der Waals surface area contributed by atoms with Crippen molar-refractivity contribution in [1.29, 1.82) is 0 Å². The van der Waals surface area contributed by atoms with Crippen molar-refractivity contribution in [3.05, 3.63) is 29.6 Å². The second-order valence-corrected chi connectivity index (χ2v) is 6.31. The summed E-state index contributed by atoms with van der Waals surface area (Å²) in [5.41, 5.74) is 1.47. The quantitative estimate of drug-likeness (QED) is 0.801. The second kappa shape index (κ2) is 5.84. The summed E-state index contributed by atoms with van der Waals surface area (Å²) in [6.45, 7) is 4.51. The molecule has 0 radical (unpaired) electrons. The van der Waals surface area contributed by atoms with Crippen LogP contribution in [0.4, 0.5) is 4.39 Å². The van der Waals surface area contributed by atoms with Gasteiger partial charge in [-0.25, -0.2) is 4.39 Å². The molecule has 1 fully saturated rings. The summed E-state index contributed by atoms with van der Waals surface area (Å²) < 4.78 is 14.0. The van der Waals surface area contributed by atoms with Crippen LogP contribution in [0.5, 0.6) is 0 Å². The number of thioether (sulfide) groups is 1. The molecule has 0 heterocycles. The third-order valence-corrected chi connectivity index (χ3v) is 5.87. The van der Waals surface area contributed by atoms with Crippen molar-refractivity contribution in [2.45, 2.75) is 50.0 Å². The van der Waals surface area contributed by atoms with Crippen LogP contribution in [-0.4, -0.2) is 19.3 Å². The van der Waals surface area contributed by atoms with Crippen LogP contribution in [0.1, 0.15) is 44.6 Å². The van der Waals surface area contributed by atoms with Gasteiger partial charge in [-0.3, -0.25) is 0 Å². The third kappa shape index (κ3) is 2.31. The minimum atomic E-state index is -0.0704. The van der Waals surface area contributed by atoms with Crippen molar-refractivity contribution in [3.63, 3.8) is 0 Å². The maximum absolute atomic E-state index is 14.0. The summed E-state index contributed by atoms with van der Waals surface area (Å²) in [5.74, 6) is 0.421. The van der Waals surface area contributed by atoms with E-state index in [2.05, 4.69) is 25.2 Å². The van der Waals surface area contributed by atoms with Gasteiger partial charge in [0.05, 0.1) is 0 Å². The zero-order valence-corrected chi connectivity index (χ0v) is 13.1. The highest BCUT2D eigenvalue weighted by Crippen LogP contribution is 2.57. The molecule has 1 aromatic carbocycles. The van der Waals surface area contributed by atoms with Gasteiger partial charge in [0.2, 0.25) is 0 Å². The lowest BCUT2D eigenvalue weighted by Gasteiger charge is -2.56. The molecule has 0 spiro atoms. The summed E-state index contributed by atoms with van der Waals surface area (Å²) in [6.07, 6.45) is 5.33. The topological polar surface area (TPSA) is 12.0 Å². The largest absolute Gasteiger partial charge is 0.316 e. The van der Waals surface area contributed by atoms with Crippen LogP contribution in [0.15, 0.2) is 23.1 Å². The Morgan fingerprint density at radius 2 is 2.05 bits per heavy atom. The van der Waals surface area contributed by atoms with Crippen LogP contribution < -0.4 is 5.32 Å². The molecule has 2 unspecified atom stereocenters. The molecule has 2 rings (SSSR count). The van der Waals surface area contributed by atoms with Crippen molar-refractivity contribution in [2.24, 2.45) is 5.41 Å². The molecule has 1 N–H and O–H groups in total. The van der Waals surface area contributed by atoms with E-state index in [-0.39, 0.29) is 5.82 Å². The van der Waals surface area contributed by atoms with Gasteiger partial charge in [-0.1, -0.05) is 19.9 Å². The zero-order valence-electron chi connectivity index (χ0n) is 12.3. The van der Waals surface area contributed by atoms with Crippen molar-refractivity contribution in [2.75, 3.05) is 13.3 Å². The van der Waals surface area contributed by atoms with Crippen LogP contribution >= 0.6 is 11.8 Å². The average molecular weight is 281 g/mol. The Labute approximate surface area is 120 Å². The van der Waals surface area contributed by atoms with Crippen molar-refractivity contribution in [1.82, 2.24) is 5.32 Å². The monoisotopic (exact) mass is 281 g/mol. The predicted octanol–water partition coefficient (Wildman–Crippen LogP) is 4.43. The van der Waals surface area contributed by atoms with Gasteiger partial charge in [0.25, 0.3) is 0 Å². The van der Waals surface area contributed by atoms with Crippen LogP contribution in [0, 0.1) is 11.2 Å². The Morgan fingerprint density at radius 3 is 2.53 bits per heavy atom. The van der Waals surface area contributed by atoms with Crippen LogP contribution in [0.25, 0.3) is 0 Å². The summed E-state index contributed by atoms with van der Waals surface area (Å²) in [5, 5.41) is 3.43. The molecule has 1 aromatic rings. The predicted molar refractivity (Wildman–Crippen MR) is 81.4 cm³/mol. The third-order valence-electron chi connectivity index (χ3n) is 5.10. The number of rotatable bonds is 5. The minimum Gasteiger partial charge on any atom is -0.316 e. The highest BCUT2D eigenvalue weighted by atomic mass is 32.2. The maximum atomic E-state index is 14.0. The van der Waals surface area contributed by atoms with Crippen molar-refractivity contribution < 1.29 is 4.39 Å². The van der Waals surface area contributed by atoms with E-state index in [4.69, 9.17) is 0 Å². The number of halogens is 1. The smallest absolute Gasteiger partial charge is 0.137 e. The van der Waals surface area contributed by atoms with Crippen LogP contribution in [0.2, 0.25) is 0 Å². The van der Waals surface area contributed by atoms with E-state index in [0.29, 0.717) is 17.4 Å². The SMILES string of the molecule is CCC1(CC)C(NC)CC1c1ccc(SC)c(F)c1. The Bertz CT molecular complexity index is 442. The highest BCUT2D eigenvalue weighted by molar-refractivity contribution is 7.98. The number of nitrogens with one attached hydrogen (secondary N) is 1. The second-order valence-electron chi connectivity index (χ2n) is 5.46. The number of hydrogen-bond acceptors (Lipinski definition) is 2. The average Bonchev–Trinajstić information content (AvgIpc) is 2.40. The summed E-state index contributed by atoms with van der Waals surface area (Å²) in [7, 11) is 2.04. The Balaban J connectivity index is 2.30. The highest BCUT2D eigenvalue weighted by Gasteiger charge is 2.52. The molecule has 1 saturated carbocycles. The molecule has 19 heavy (non-hydrogen) atoms.